The Morgan fingerprint density at radius 2 is 2.00 bits per heavy atom. The van der Waals surface area contributed by atoms with Crippen LogP contribution in [0.1, 0.15) is 11.4 Å². The lowest BCUT2D eigenvalue weighted by Crippen LogP contribution is -2.05. The Labute approximate surface area is 120 Å². The molecule has 0 saturated heterocycles. The predicted octanol–water partition coefficient (Wildman–Crippen LogP) is 3.37. The van der Waals surface area contributed by atoms with Gasteiger partial charge in [0, 0.05) is 11.1 Å². The zero-order valence-electron chi connectivity index (χ0n) is 10.6. The molecule has 0 fully saturated rings. The smallest absolute Gasteiger partial charge is 0.136 e. The number of fused-ring (bicyclic) bond motifs is 1. The average molecular weight is 291 g/mol. The van der Waals surface area contributed by atoms with E-state index < -0.39 is 0 Å². The third-order valence-corrected chi connectivity index (χ3v) is 3.59. The van der Waals surface area contributed by atoms with Gasteiger partial charge in [0.15, 0.2) is 0 Å². The van der Waals surface area contributed by atoms with E-state index in [1.807, 2.05) is 28.8 Å². The number of aliphatic hydroxyl groups excluding tert-OH is 1. The first-order valence-electron chi connectivity index (χ1n) is 6.18. The third-order valence-electron chi connectivity index (χ3n) is 3.22. The van der Waals surface area contributed by atoms with Crippen LogP contribution in [0.4, 0.5) is 4.39 Å². The molecule has 0 aliphatic rings. The van der Waals surface area contributed by atoms with E-state index in [4.69, 9.17) is 11.6 Å². The van der Waals surface area contributed by atoms with Crippen molar-refractivity contribution in [3.05, 3.63) is 64.7 Å². The van der Waals surface area contributed by atoms with E-state index in [0.29, 0.717) is 22.9 Å². The molecule has 0 bridgehead atoms. The maximum atomic E-state index is 13.2. The Balaban J connectivity index is 2.12. The molecular formula is C15H12ClFN2O. The number of aliphatic hydroxyl groups is 1. The van der Waals surface area contributed by atoms with Gasteiger partial charge >= 0.3 is 0 Å². The van der Waals surface area contributed by atoms with E-state index >= 15 is 0 Å². The summed E-state index contributed by atoms with van der Waals surface area (Å²) < 4.78 is 15.1. The molecule has 0 unspecified atom stereocenters. The summed E-state index contributed by atoms with van der Waals surface area (Å²) in [5.41, 5.74) is 2.23. The van der Waals surface area contributed by atoms with Crippen molar-refractivity contribution in [3.8, 4) is 0 Å². The molecule has 0 amide bonds. The molecule has 1 N–H and O–H groups in total. The largest absolute Gasteiger partial charge is 0.388 e. The van der Waals surface area contributed by atoms with Crippen LogP contribution in [0.5, 0.6) is 0 Å². The minimum Gasteiger partial charge on any atom is -0.388 e. The maximum absolute atomic E-state index is 13.2. The maximum Gasteiger partial charge on any atom is 0.136 e. The van der Waals surface area contributed by atoms with Crippen LogP contribution in [0.3, 0.4) is 0 Å². The summed E-state index contributed by atoms with van der Waals surface area (Å²) >= 11 is 6.16. The molecular weight excluding hydrogens is 279 g/mol. The summed E-state index contributed by atoms with van der Waals surface area (Å²) in [6.07, 6.45) is 0. The van der Waals surface area contributed by atoms with Gasteiger partial charge in [-0.05, 0) is 23.8 Å². The van der Waals surface area contributed by atoms with Gasteiger partial charge in [0.2, 0.25) is 0 Å². The fraction of sp³-hybridized carbons (Fsp3) is 0.133. The minimum atomic E-state index is -0.343. The highest BCUT2D eigenvalue weighted by Gasteiger charge is 2.12. The number of hydrogen-bond donors (Lipinski definition) is 1. The third kappa shape index (κ3) is 2.28. The SMILES string of the molecule is OCc1nc2cc(F)ccc2n1Cc1ccccc1Cl. The van der Waals surface area contributed by atoms with E-state index in [9.17, 15) is 9.50 Å². The van der Waals surface area contributed by atoms with Gasteiger partial charge in [-0.1, -0.05) is 29.8 Å². The topological polar surface area (TPSA) is 38.1 Å². The molecule has 1 heterocycles. The molecule has 0 radical (unpaired) electrons. The molecule has 0 spiro atoms. The van der Waals surface area contributed by atoms with Crippen molar-refractivity contribution in [2.75, 3.05) is 0 Å². The molecule has 0 saturated carbocycles. The zero-order chi connectivity index (χ0) is 14.1. The quantitative estimate of drug-likeness (QED) is 0.803. The van der Waals surface area contributed by atoms with E-state index in [2.05, 4.69) is 4.98 Å². The average Bonchev–Trinajstić information content (AvgIpc) is 2.78. The summed E-state index contributed by atoms with van der Waals surface area (Å²) in [7, 11) is 0. The first kappa shape index (κ1) is 13.1. The van der Waals surface area contributed by atoms with Crippen LogP contribution in [0.25, 0.3) is 11.0 Å². The van der Waals surface area contributed by atoms with Crippen molar-refractivity contribution >= 4 is 22.6 Å². The number of nitrogens with zero attached hydrogens (tertiary/aromatic N) is 2. The van der Waals surface area contributed by atoms with Gasteiger partial charge in [-0.2, -0.15) is 0 Å². The standard InChI is InChI=1S/C15H12ClFN2O/c16-12-4-2-1-3-10(12)8-19-14-6-5-11(17)7-13(14)18-15(19)9-20/h1-7,20H,8-9H2. The summed E-state index contributed by atoms with van der Waals surface area (Å²) in [4.78, 5) is 4.25. The number of halogens is 2. The van der Waals surface area contributed by atoms with Crippen LogP contribution in [-0.2, 0) is 13.2 Å². The lowest BCUT2D eigenvalue weighted by Gasteiger charge is -2.09. The highest BCUT2D eigenvalue weighted by Crippen LogP contribution is 2.22. The highest BCUT2D eigenvalue weighted by molar-refractivity contribution is 6.31. The van der Waals surface area contributed by atoms with Crippen LogP contribution in [0.15, 0.2) is 42.5 Å². The van der Waals surface area contributed by atoms with Gasteiger partial charge < -0.3 is 9.67 Å². The van der Waals surface area contributed by atoms with E-state index in [1.54, 1.807) is 6.07 Å². The molecule has 1 aromatic heterocycles. The molecule has 102 valence electrons. The van der Waals surface area contributed by atoms with Crippen LogP contribution < -0.4 is 0 Å². The van der Waals surface area contributed by atoms with Crippen LogP contribution in [0, 0.1) is 5.82 Å². The van der Waals surface area contributed by atoms with Crippen LogP contribution in [0.2, 0.25) is 5.02 Å². The van der Waals surface area contributed by atoms with E-state index in [0.717, 1.165) is 11.1 Å². The Morgan fingerprint density at radius 3 is 2.75 bits per heavy atom. The second kappa shape index (κ2) is 5.23. The Kier molecular flexibility index (Phi) is 3.42. The predicted molar refractivity (Wildman–Crippen MR) is 76.2 cm³/mol. The van der Waals surface area contributed by atoms with Gasteiger partial charge in [-0.25, -0.2) is 9.37 Å². The molecule has 0 aliphatic heterocycles. The monoisotopic (exact) mass is 290 g/mol. The Morgan fingerprint density at radius 1 is 1.20 bits per heavy atom. The minimum absolute atomic E-state index is 0.208. The molecule has 5 heteroatoms. The van der Waals surface area contributed by atoms with Crippen molar-refractivity contribution in [2.24, 2.45) is 0 Å². The molecule has 3 nitrogen and oxygen atoms in total. The van der Waals surface area contributed by atoms with Gasteiger partial charge in [0.25, 0.3) is 0 Å². The van der Waals surface area contributed by atoms with E-state index in [1.165, 1.54) is 12.1 Å². The van der Waals surface area contributed by atoms with Gasteiger partial charge in [-0.15, -0.1) is 0 Å². The second-order valence-electron chi connectivity index (χ2n) is 4.50. The van der Waals surface area contributed by atoms with Crippen LogP contribution in [-0.4, -0.2) is 14.7 Å². The number of imidazole rings is 1. The number of hydrogen-bond acceptors (Lipinski definition) is 2. The summed E-state index contributed by atoms with van der Waals surface area (Å²) in [5.74, 6) is 0.148. The Bertz CT molecular complexity index is 770. The first-order chi connectivity index (χ1) is 9.69. The van der Waals surface area contributed by atoms with Crippen molar-refractivity contribution in [3.63, 3.8) is 0 Å². The summed E-state index contributed by atoms with van der Waals surface area (Å²) in [5, 5.41) is 10.1. The number of benzene rings is 2. The summed E-state index contributed by atoms with van der Waals surface area (Å²) in [6, 6.07) is 11.9. The van der Waals surface area contributed by atoms with Crippen LogP contribution >= 0.6 is 11.6 Å². The van der Waals surface area contributed by atoms with Crippen molar-refractivity contribution in [1.82, 2.24) is 9.55 Å². The van der Waals surface area contributed by atoms with E-state index in [-0.39, 0.29) is 12.4 Å². The Hall–Kier alpha value is -1.91. The molecule has 2 aromatic carbocycles. The fourth-order valence-corrected chi connectivity index (χ4v) is 2.44. The van der Waals surface area contributed by atoms with Crippen molar-refractivity contribution < 1.29 is 9.50 Å². The molecule has 3 aromatic rings. The van der Waals surface area contributed by atoms with Gasteiger partial charge in [0.1, 0.15) is 18.2 Å². The number of aromatic nitrogens is 2. The molecule has 20 heavy (non-hydrogen) atoms. The van der Waals surface area contributed by atoms with Crippen molar-refractivity contribution in [2.45, 2.75) is 13.2 Å². The fourth-order valence-electron chi connectivity index (χ4n) is 2.25. The van der Waals surface area contributed by atoms with Crippen molar-refractivity contribution in [1.29, 1.82) is 0 Å². The highest BCUT2D eigenvalue weighted by atomic mass is 35.5. The van der Waals surface area contributed by atoms with Gasteiger partial charge in [0.05, 0.1) is 17.6 Å². The lowest BCUT2D eigenvalue weighted by atomic mass is 10.2. The molecule has 3 rings (SSSR count). The zero-order valence-corrected chi connectivity index (χ0v) is 11.3. The first-order valence-corrected chi connectivity index (χ1v) is 6.56. The molecule has 0 atom stereocenters. The van der Waals surface area contributed by atoms with Gasteiger partial charge in [-0.3, -0.25) is 0 Å². The molecule has 0 aliphatic carbocycles. The second-order valence-corrected chi connectivity index (χ2v) is 4.90. The summed E-state index contributed by atoms with van der Waals surface area (Å²) in [6.45, 7) is 0.276. The normalized spacial score (nSPS) is 11.2. The lowest BCUT2D eigenvalue weighted by molar-refractivity contribution is 0.267. The number of rotatable bonds is 3.